The van der Waals surface area contributed by atoms with Gasteiger partial charge >= 0.3 is 13.3 Å². The van der Waals surface area contributed by atoms with Gasteiger partial charge in [-0.2, -0.15) is 13.2 Å². The van der Waals surface area contributed by atoms with E-state index in [1.165, 1.54) is 18.2 Å². The van der Waals surface area contributed by atoms with Crippen molar-refractivity contribution < 1.29 is 27.6 Å². The van der Waals surface area contributed by atoms with Crippen molar-refractivity contribution >= 4 is 12.6 Å². The molecule has 2 rings (SSSR count). The van der Waals surface area contributed by atoms with Crippen molar-refractivity contribution in [3.8, 4) is 0 Å². The van der Waals surface area contributed by atoms with E-state index in [9.17, 15) is 18.3 Å². The molecule has 116 valence electrons. The minimum atomic E-state index is -4.70. The third-order valence-electron chi connectivity index (χ3n) is 4.06. The van der Waals surface area contributed by atoms with Crippen LogP contribution in [0.2, 0.25) is 0 Å². The molecular formula is C14H18BF3O3. The Kier molecular flexibility index (Phi) is 3.89. The topological polar surface area (TPSA) is 38.7 Å². The Bertz CT molecular complexity index is 512. The minimum Gasteiger partial charge on any atom is -0.399 e. The van der Waals surface area contributed by atoms with Crippen molar-refractivity contribution in [2.45, 2.75) is 51.2 Å². The van der Waals surface area contributed by atoms with Crippen LogP contribution in [-0.4, -0.2) is 29.6 Å². The van der Waals surface area contributed by atoms with E-state index in [1.807, 2.05) is 27.7 Å². The van der Waals surface area contributed by atoms with Gasteiger partial charge in [0.15, 0.2) is 6.10 Å². The lowest BCUT2D eigenvalue weighted by molar-refractivity contribution is -0.206. The van der Waals surface area contributed by atoms with Crippen molar-refractivity contribution in [1.29, 1.82) is 0 Å². The fraction of sp³-hybridized carbons (Fsp3) is 0.571. The molecule has 1 fully saturated rings. The van der Waals surface area contributed by atoms with Crippen LogP contribution in [0.25, 0.3) is 0 Å². The molecule has 0 aromatic heterocycles. The Balaban J connectivity index is 2.28. The molecule has 1 saturated heterocycles. The molecule has 1 atom stereocenters. The number of hydrogen-bond acceptors (Lipinski definition) is 3. The Labute approximate surface area is 122 Å². The van der Waals surface area contributed by atoms with E-state index in [-0.39, 0.29) is 5.56 Å². The molecule has 0 amide bonds. The number of alkyl halides is 3. The summed E-state index contributed by atoms with van der Waals surface area (Å²) >= 11 is 0. The molecule has 0 spiro atoms. The van der Waals surface area contributed by atoms with E-state index >= 15 is 0 Å². The summed E-state index contributed by atoms with van der Waals surface area (Å²) in [6, 6.07) is 5.56. The first-order valence-electron chi connectivity index (χ1n) is 6.64. The van der Waals surface area contributed by atoms with Gasteiger partial charge in [-0.05, 0) is 38.7 Å². The molecule has 21 heavy (non-hydrogen) atoms. The molecule has 7 heteroatoms. The molecule has 1 aromatic rings. The van der Waals surface area contributed by atoms with Gasteiger partial charge in [0.25, 0.3) is 0 Å². The van der Waals surface area contributed by atoms with Crippen LogP contribution >= 0.6 is 0 Å². The van der Waals surface area contributed by atoms with E-state index in [0.29, 0.717) is 5.46 Å². The van der Waals surface area contributed by atoms with Crippen molar-refractivity contribution in [3.63, 3.8) is 0 Å². The summed E-state index contributed by atoms with van der Waals surface area (Å²) in [6.07, 6.45) is -7.21. The molecule has 0 saturated carbocycles. The number of benzene rings is 1. The first-order valence-corrected chi connectivity index (χ1v) is 6.64. The molecule has 3 nitrogen and oxygen atoms in total. The number of hydrogen-bond donors (Lipinski definition) is 1. The average molecular weight is 302 g/mol. The van der Waals surface area contributed by atoms with Gasteiger partial charge in [-0.15, -0.1) is 0 Å². The van der Waals surface area contributed by atoms with Crippen LogP contribution in [0.4, 0.5) is 13.2 Å². The third-order valence-corrected chi connectivity index (χ3v) is 4.06. The lowest BCUT2D eigenvalue weighted by Gasteiger charge is -2.32. The second kappa shape index (κ2) is 5.00. The zero-order valence-electron chi connectivity index (χ0n) is 12.4. The molecule has 1 heterocycles. The highest BCUT2D eigenvalue weighted by Crippen LogP contribution is 2.37. The lowest BCUT2D eigenvalue weighted by Crippen LogP contribution is -2.41. The molecule has 1 unspecified atom stereocenters. The lowest BCUT2D eigenvalue weighted by atomic mass is 9.78. The monoisotopic (exact) mass is 302 g/mol. The normalized spacial score (nSPS) is 22.4. The first-order chi connectivity index (χ1) is 9.44. The maximum absolute atomic E-state index is 12.6. The minimum absolute atomic E-state index is 0.227. The highest BCUT2D eigenvalue weighted by Gasteiger charge is 2.52. The van der Waals surface area contributed by atoms with Gasteiger partial charge in [0.2, 0.25) is 0 Å². The Morgan fingerprint density at radius 2 is 1.62 bits per heavy atom. The predicted octanol–water partition coefficient (Wildman–Crippen LogP) is 2.58. The van der Waals surface area contributed by atoms with Crippen LogP contribution < -0.4 is 5.46 Å². The standard InChI is InChI=1S/C14H18BF3O3/c1-12(2)13(3,4)21-15(20-12)10-7-5-6-9(8-10)11(19)14(16,17)18/h5-8,11,19H,1-4H3. The van der Waals surface area contributed by atoms with Crippen LogP contribution in [0.1, 0.15) is 39.4 Å². The van der Waals surface area contributed by atoms with E-state index < -0.39 is 30.6 Å². The molecule has 0 radical (unpaired) electrons. The fourth-order valence-corrected chi connectivity index (χ4v) is 2.04. The van der Waals surface area contributed by atoms with E-state index in [1.54, 1.807) is 6.07 Å². The second-order valence-electron chi connectivity index (χ2n) is 6.20. The third kappa shape index (κ3) is 3.10. The average Bonchev–Trinajstić information content (AvgIpc) is 2.57. The zero-order chi connectivity index (χ0) is 16.1. The highest BCUT2D eigenvalue weighted by atomic mass is 19.4. The van der Waals surface area contributed by atoms with Gasteiger partial charge in [-0.1, -0.05) is 24.3 Å². The summed E-state index contributed by atoms with van der Waals surface area (Å²) in [5.41, 5.74) is -0.920. The van der Waals surface area contributed by atoms with Crippen molar-refractivity contribution in [1.82, 2.24) is 0 Å². The van der Waals surface area contributed by atoms with Crippen LogP contribution in [0.15, 0.2) is 24.3 Å². The van der Waals surface area contributed by atoms with Crippen LogP contribution in [0, 0.1) is 0 Å². The summed E-state index contributed by atoms with van der Waals surface area (Å²) in [4.78, 5) is 0. The van der Waals surface area contributed by atoms with Crippen molar-refractivity contribution in [2.24, 2.45) is 0 Å². The smallest absolute Gasteiger partial charge is 0.399 e. The van der Waals surface area contributed by atoms with Gasteiger partial charge in [0.05, 0.1) is 11.2 Å². The van der Waals surface area contributed by atoms with Crippen LogP contribution in [-0.2, 0) is 9.31 Å². The highest BCUT2D eigenvalue weighted by molar-refractivity contribution is 6.62. The summed E-state index contributed by atoms with van der Waals surface area (Å²) in [6.45, 7) is 7.45. The molecular weight excluding hydrogens is 284 g/mol. The fourth-order valence-electron chi connectivity index (χ4n) is 2.04. The van der Waals surface area contributed by atoms with Crippen LogP contribution in [0.5, 0.6) is 0 Å². The second-order valence-corrected chi connectivity index (χ2v) is 6.20. The Morgan fingerprint density at radius 3 is 2.10 bits per heavy atom. The van der Waals surface area contributed by atoms with Gasteiger partial charge in [0, 0.05) is 0 Å². The summed E-state index contributed by atoms with van der Waals surface area (Å²) in [7, 11) is -0.754. The summed E-state index contributed by atoms with van der Waals surface area (Å²) < 4.78 is 49.3. The Hall–Kier alpha value is -1.05. The van der Waals surface area contributed by atoms with E-state index in [4.69, 9.17) is 9.31 Å². The summed E-state index contributed by atoms with van der Waals surface area (Å²) in [5, 5.41) is 9.32. The SMILES string of the molecule is CC1(C)OB(c2cccc(C(O)C(F)(F)F)c2)OC1(C)C. The molecule has 1 N–H and O–H groups in total. The van der Waals surface area contributed by atoms with Gasteiger partial charge in [0.1, 0.15) is 0 Å². The first kappa shape index (κ1) is 16.3. The van der Waals surface area contributed by atoms with E-state index in [2.05, 4.69) is 0 Å². The van der Waals surface area contributed by atoms with Crippen LogP contribution in [0.3, 0.4) is 0 Å². The number of aliphatic hydroxyl groups excluding tert-OH is 1. The molecule has 0 aliphatic carbocycles. The quantitative estimate of drug-likeness (QED) is 0.853. The maximum Gasteiger partial charge on any atom is 0.494 e. The van der Waals surface area contributed by atoms with E-state index in [0.717, 1.165) is 0 Å². The van der Waals surface area contributed by atoms with Gasteiger partial charge in [-0.3, -0.25) is 0 Å². The summed E-state index contributed by atoms with van der Waals surface area (Å²) in [5.74, 6) is 0. The van der Waals surface area contributed by atoms with Gasteiger partial charge in [-0.25, -0.2) is 0 Å². The predicted molar refractivity (Wildman–Crippen MR) is 73.2 cm³/mol. The van der Waals surface area contributed by atoms with Gasteiger partial charge < -0.3 is 14.4 Å². The number of halogens is 3. The molecule has 1 aromatic carbocycles. The van der Waals surface area contributed by atoms with Crippen molar-refractivity contribution in [3.05, 3.63) is 29.8 Å². The van der Waals surface area contributed by atoms with Crippen molar-refractivity contribution in [2.75, 3.05) is 0 Å². The molecule has 1 aliphatic rings. The molecule has 0 bridgehead atoms. The largest absolute Gasteiger partial charge is 0.494 e. The molecule has 1 aliphatic heterocycles. The number of aliphatic hydroxyl groups is 1. The maximum atomic E-state index is 12.6. The number of rotatable bonds is 2. The Morgan fingerprint density at radius 1 is 1.10 bits per heavy atom. The zero-order valence-corrected chi connectivity index (χ0v) is 12.4.